The van der Waals surface area contributed by atoms with Gasteiger partial charge in [0.2, 0.25) is 5.88 Å². The topological polar surface area (TPSA) is 65.5 Å². The number of anilines is 1. The third-order valence-electron chi connectivity index (χ3n) is 3.72. The van der Waals surface area contributed by atoms with Gasteiger partial charge in [-0.3, -0.25) is 4.90 Å². The Morgan fingerprint density at radius 1 is 1.25 bits per heavy atom. The average Bonchev–Trinajstić information content (AvgIpc) is 2.53. The minimum absolute atomic E-state index is 0.193. The highest BCUT2D eigenvalue weighted by Gasteiger charge is 2.37. The first-order valence-corrected chi connectivity index (χ1v) is 7.15. The molecule has 1 atom stereocenters. The lowest BCUT2D eigenvalue weighted by molar-refractivity contribution is -0.248. The van der Waals surface area contributed by atoms with Crippen LogP contribution in [0.3, 0.4) is 0 Å². The van der Waals surface area contributed by atoms with Crippen LogP contribution in [0, 0.1) is 0 Å². The maximum absolute atomic E-state index is 13.0. The summed E-state index contributed by atoms with van der Waals surface area (Å²) in [5.41, 5.74) is 0.0546. The normalized spacial score (nSPS) is 17.3. The Labute approximate surface area is 135 Å². The van der Waals surface area contributed by atoms with Crippen LogP contribution < -0.4 is 14.7 Å². The van der Waals surface area contributed by atoms with Crippen LogP contribution in [0.5, 0.6) is 5.88 Å². The Morgan fingerprint density at radius 3 is 2.71 bits per heavy atom. The number of fused-ring (bicyclic) bond motifs is 1. The molecule has 8 heteroatoms. The summed E-state index contributed by atoms with van der Waals surface area (Å²) in [6.07, 6.45) is -5.51. The van der Waals surface area contributed by atoms with Crippen LogP contribution >= 0.6 is 0 Å². The van der Waals surface area contributed by atoms with Crippen molar-refractivity contribution in [3.05, 3.63) is 53.7 Å². The number of carboxylic acid groups (broad SMARTS) is 1. The van der Waals surface area contributed by atoms with Crippen LogP contribution in [0.25, 0.3) is 0 Å². The number of carbonyl (C=O) groups is 1. The van der Waals surface area contributed by atoms with E-state index < -0.39 is 29.9 Å². The molecule has 1 aliphatic rings. The van der Waals surface area contributed by atoms with E-state index in [0.717, 1.165) is 28.8 Å². The number of para-hydroxylation sites is 1. The van der Waals surface area contributed by atoms with Gasteiger partial charge in [-0.1, -0.05) is 18.2 Å². The third-order valence-corrected chi connectivity index (χ3v) is 3.72. The summed E-state index contributed by atoms with van der Waals surface area (Å²) >= 11 is 0. The van der Waals surface area contributed by atoms with Crippen LogP contribution in [-0.2, 0) is 12.6 Å². The molecular weight excluding hydrogens is 325 g/mol. The second-order valence-electron chi connectivity index (χ2n) is 5.23. The van der Waals surface area contributed by atoms with Crippen LogP contribution in [-0.4, -0.2) is 17.3 Å². The summed E-state index contributed by atoms with van der Waals surface area (Å²) in [6.45, 7) is 0. The molecule has 1 aliphatic heterocycles. The van der Waals surface area contributed by atoms with Crippen LogP contribution in [0.15, 0.2) is 42.6 Å². The zero-order valence-electron chi connectivity index (χ0n) is 12.3. The van der Waals surface area contributed by atoms with E-state index in [1.165, 1.54) is 0 Å². The number of rotatable bonds is 2. The van der Waals surface area contributed by atoms with Gasteiger partial charge in [0, 0.05) is 18.3 Å². The molecule has 0 spiro atoms. The van der Waals surface area contributed by atoms with Crippen molar-refractivity contribution >= 4 is 11.8 Å². The molecule has 0 bridgehead atoms. The molecule has 5 nitrogen and oxygen atoms in total. The van der Waals surface area contributed by atoms with Gasteiger partial charge in [0.25, 0.3) is 0 Å². The predicted octanol–water partition coefficient (Wildman–Crippen LogP) is 2.60. The number of aromatic nitrogens is 1. The number of hydrogen-bond donors (Lipinski definition) is 0. The van der Waals surface area contributed by atoms with Gasteiger partial charge in [-0.15, -0.1) is 0 Å². The number of benzene rings is 1. The minimum Gasteiger partial charge on any atom is -0.530 e. The van der Waals surface area contributed by atoms with E-state index in [-0.39, 0.29) is 6.42 Å². The highest BCUT2D eigenvalue weighted by Crippen LogP contribution is 2.37. The lowest BCUT2D eigenvalue weighted by atomic mass is 10.0. The quantitative estimate of drug-likeness (QED) is 0.845. The van der Waals surface area contributed by atoms with Gasteiger partial charge < -0.3 is 14.6 Å². The van der Waals surface area contributed by atoms with Crippen molar-refractivity contribution in [1.29, 1.82) is 0 Å². The molecule has 0 aliphatic carbocycles. The van der Waals surface area contributed by atoms with Crippen molar-refractivity contribution in [2.45, 2.75) is 25.2 Å². The molecule has 126 valence electrons. The lowest BCUT2D eigenvalue weighted by Crippen LogP contribution is -2.52. The van der Waals surface area contributed by atoms with Gasteiger partial charge >= 0.3 is 6.18 Å². The zero-order chi connectivity index (χ0) is 17.3. The maximum Gasteiger partial charge on any atom is 0.421 e. The Bertz CT molecular complexity index is 764. The summed E-state index contributed by atoms with van der Waals surface area (Å²) < 4.78 is 44.4. The van der Waals surface area contributed by atoms with Crippen molar-refractivity contribution in [3.8, 4) is 5.88 Å². The highest BCUT2D eigenvalue weighted by atomic mass is 19.4. The second-order valence-corrected chi connectivity index (χ2v) is 5.23. The van der Waals surface area contributed by atoms with E-state index in [4.69, 9.17) is 4.74 Å². The number of halogens is 3. The molecule has 0 N–H and O–H groups in total. The van der Waals surface area contributed by atoms with Gasteiger partial charge in [-0.05, 0) is 30.2 Å². The zero-order valence-corrected chi connectivity index (χ0v) is 12.3. The second kappa shape index (κ2) is 6.03. The number of hydrogen-bond acceptors (Lipinski definition) is 4. The molecule has 2 aromatic rings. The number of amides is 1. The molecule has 0 saturated carbocycles. The number of ether oxygens (including phenoxy) is 1. The van der Waals surface area contributed by atoms with Crippen LogP contribution in [0.1, 0.15) is 17.5 Å². The van der Waals surface area contributed by atoms with E-state index in [2.05, 4.69) is 4.98 Å². The number of carbonyl (C=O) groups excluding carboxylic acids is 1. The molecule has 0 saturated heterocycles. The maximum atomic E-state index is 13.0. The summed E-state index contributed by atoms with van der Waals surface area (Å²) in [6, 6.07) is 8.69. The van der Waals surface area contributed by atoms with Crippen molar-refractivity contribution in [2.24, 2.45) is 0 Å². The molecule has 1 unspecified atom stereocenters. The lowest BCUT2D eigenvalue weighted by Gasteiger charge is -2.38. The molecule has 24 heavy (non-hydrogen) atoms. The average molecular weight is 337 g/mol. The largest absolute Gasteiger partial charge is 0.530 e. The Morgan fingerprint density at radius 2 is 2.00 bits per heavy atom. The van der Waals surface area contributed by atoms with Gasteiger partial charge in [0.15, 0.2) is 6.23 Å². The van der Waals surface area contributed by atoms with E-state index in [9.17, 15) is 23.1 Å². The number of nitrogens with zero attached hydrogens (tertiary/aromatic N) is 2. The fourth-order valence-corrected chi connectivity index (χ4v) is 2.68. The van der Waals surface area contributed by atoms with Crippen molar-refractivity contribution in [2.75, 3.05) is 4.90 Å². The van der Waals surface area contributed by atoms with Gasteiger partial charge in [0.05, 0.1) is 0 Å². The van der Waals surface area contributed by atoms with E-state index in [1.54, 1.807) is 24.3 Å². The molecular formula is C16H12F3N2O3-. The Kier molecular flexibility index (Phi) is 4.04. The fourth-order valence-electron chi connectivity index (χ4n) is 2.68. The monoisotopic (exact) mass is 337 g/mol. The number of aryl methyl sites for hydroxylation is 1. The Hall–Kier alpha value is -2.77. The fraction of sp³-hybridized carbons (Fsp3) is 0.250. The highest BCUT2D eigenvalue weighted by molar-refractivity contribution is 5.86. The van der Waals surface area contributed by atoms with E-state index >= 15 is 0 Å². The van der Waals surface area contributed by atoms with Gasteiger partial charge in [-0.25, -0.2) is 4.98 Å². The molecule has 1 amide bonds. The number of alkyl halides is 3. The molecule has 3 rings (SSSR count). The molecule has 0 radical (unpaired) electrons. The van der Waals surface area contributed by atoms with Crippen LogP contribution in [0.4, 0.5) is 23.7 Å². The van der Waals surface area contributed by atoms with E-state index in [0.29, 0.717) is 12.1 Å². The first kappa shape index (κ1) is 16.1. The Balaban J connectivity index is 1.95. The minimum atomic E-state index is -4.65. The van der Waals surface area contributed by atoms with Crippen molar-refractivity contribution in [1.82, 2.24) is 4.98 Å². The SMILES string of the molecule is O=C([O-])N1c2ccccc2CCC1Oc1ncccc1C(F)(F)F. The van der Waals surface area contributed by atoms with Gasteiger partial charge in [0.1, 0.15) is 11.7 Å². The van der Waals surface area contributed by atoms with Crippen LogP contribution in [0.2, 0.25) is 0 Å². The number of pyridine rings is 1. The standard InChI is InChI=1S/C16H13F3N2O3/c17-16(18,19)11-5-3-9-20-14(11)24-13-8-7-10-4-1-2-6-12(10)21(13)15(22)23/h1-6,9,13H,7-8H2,(H,22,23)/p-1. The van der Waals surface area contributed by atoms with Crippen molar-refractivity contribution in [3.63, 3.8) is 0 Å². The summed E-state index contributed by atoms with van der Waals surface area (Å²) in [7, 11) is 0. The molecule has 2 heterocycles. The van der Waals surface area contributed by atoms with Gasteiger partial charge in [-0.2, -0.15) is 13.2 Å². The van der Waals surface area contributed by atoms with Crippen molar-refractivity contribution < 1.29 is 27.8 Å². The summed E-state index contributed by atoms with van der Waals surface area (Å²) in [4.78, 5) is 15.9. The molecule has 1 aromatic heterocycles. The predicted molar refractivity (Wildman–Crippen MR) is 76.3 cm³/mol. The summed E-state index contributed by atoms with van der Waals surface area (Å²) in [5, 5.41) is 11.5. The summed E-state index contributed by atoms with van der Waals surface area (Å²) in [5.74, 6) is -0.652. The molecule has 1 aromatic carbocycles. The first-order valence-electron chi connectivity index (χ1n) is 7.15. The smallest absolute Gasteiger partial charge is 0.421 e. The third kappa shape index (κ3) is 2.99. The molecule has 0 fully saturated rings. The first-order chi connectivity index (χ1) is 11.4. The van der Waals surface area contributed by atoms with E-state index in [1.807, 2.05) is 0 Å².